The fourth-order valence-corrected chi connectivity index (χ4v) is 5.24. The Labute approximate surface area is 199 Å². The predicted molar refractivity (Wildman–Crippen MR) is 132 cm³/mol. The van der Waals surface area contributed by atoms with Crippen LogP contribution in [0.3, 0.4) is 0 Å². The molecule has 3 N–H and O–H groups in total. The number of rotatable bonds is 8. The first kappa shape index (κ1) is 23.7. The summed E-state index contributed by atoms with van der Waals surface area (Å²) in [6, 6.07) is 20.3. The van der Waals surface area contributed by atoms with Gasteiger partial charge in [0.25, 0.3) is 0 Å². The van der Waals surface area contributed by atoms with Gasteiger partial charge in [-0.1, -0.05) is 55.5 Å². The van der Waals surface area contributed by atoms with Gasteiger partial charge in [0.2, 0.25) is 21.8 Å². The second-order valence-corrected chi connectivity index (χ2v) is 9.94. The maximum absolute atomic E-state index is 13.3. The largest absolute Gasteiger partial charge is 0.326 e. The van der Waals surface area contributed by atoms with E-state index in [0.717, 1.165) is 23.1 Å². The number of fused-ring (bicyclic) bond motifs is 1. The van der Waals surface area contributed by atoms with E-state index < -0.39 is 22.0 Å². The smallest absolute Gasteiger partial charge is 0.242 e. The highest BCUT2D eigenvalue weighted by atomic mass is 32.2. The SMILES string of the molecule is CCc1ccccc1NC(=O)C(Cc1ccccc1)NS(=O)(=O)c1ccc2c(c1)CCC(=O)N2. The molecule has 176 valence electrons. The third-order valence-corrected chi connectivity index (χ3v) is 7.30. The fraction of sp³-hybridized carbons (Fsp3) is 0.231. The van der Waals surface area contributed by atoms with E-state index >= 15 is 0 Å². The van der Waals surface area contributed by atoms with Crippen molar-refractivity contribution in [1.82, 2.24) is 4.72 Å². The third kappa shape index (κ3) is 5.52. The minimum Gasteiger partial charge on any atom is -0.326 e. The van der Waals surface area contributed by atoms with Crippen LogP contribution in [0.1, 0.15) is 30.0 Å². The number of nitrogens with one attached hydrogen (secondary N) is 3. The fourth-order valence-electron chi connectivity index (χ4n) is 3.99. The molecule has 0 aromatic heterocycles. The van der Waals surface area contributed by atoms with Crippen molar-refractivity contribution in [1.29, 1.82) is 0 Å². The molecule has 1 unspecified atom stereocenters. The average Bonchev–Trinajstić information content (AvgIpc) is 2.84. The minimum absolute atomic E-state index is 0.0576. The molecule has 1 aliphatic rings. The van der Waals surface area contributed by atoms with Gasteiger partial charge in [0.15, 0.2) is 0 Å². The number of carbonyl (C=O) groups excluding carboxylic acids is 2. The molecule has 0 aliphatic carbocycles. The van der Waals surface area contributed by atoms with Gasteiger partial charge >= 0.3 is 0 Å². The molecular weight excluding hydrogens is 450 g/mol. The summed E-state index contributed by atoms with van der Waals surface area (Å²) < 4.78 is 29.2. The molecule has 0 saturated heterocycles. The van der Waals surface area contributed by atoms with Gasteiger partial charge in [-0.2, -0.15) is 4.72 Å². The molecule has 7 nitrogen and oxygen atoms in total. The van der Waals surface area contributed by atoms with E-state index in [1.807, 2.05) is 61.5 Å². The van der Waals surface area contributed by atoms with E-state index in [1.54, 1.807) is 12.1 Å². The van der Waals surface area contributed by atoms with Gasteiger partial charge in [-0.25, -0.2) is 8.42 Å². The van der Waals surface area contributed by atoms with E-state index in [-0.39, 0.29) is 17.2 Å². The lowest BCUT2D eigenvalue weighted by Gasteiger charge is -2.21. The molecule has 34 heavy (non-hydrogen) atoms. The molecule has 8 heteroatoms. The van der Waals surface area contributed by atoms with Gasteiger partial charge in [0.1, 0.15) is 6.04 Å². The van der Waals surface area contributed by atoms with Crippen molar-refractivity contribution in [2.75, 3.05) is 10.6 Å². The number of anilines is 2. The molecule has 0 radical (unpaired) electrons. The zero-order chi connectivity index (χ0) is 24.1. The van der Waals surface area contributed by atoms with Crippen LogP contribution in [0.15, 0.2) is 77.7 Å². The number of aryl methyl sites for hydroxylation is 2. The number of hydrogen-bond acceptors (Lipinski definition) is 4. The predicted octanol–water partition coefficient (Wildman–Crippen LogP) is 3.66. The molecule has 2 amide bonds. The van der Waals surface area contributed by atoms with Gasteiger partial charge in [0, 0.05) is 17.8 Å². The first-order valence-electron chi connectivity index (χ1n) is 11.2. The summed E-state index contributed by atoms with van der Waals surface area (Å²) in [6.07, 6.45) is 1.70. The Morgan fingerprint density at radius 3 is 2.50 bits per heavy atom. The number of hydrogen-bond donors (Lipinski definition) is 3. The van der Waals surface area contributed by atoms with Crippen molar-refractivity contribution >= 4 is 33.2 Å². The molecule has 0 bridgehead atoms. The zero-order valence-electron chi connectivity index (χ0n) is 18.9. The highest BCUT2D eigenvalue weighted by Gasteiger charge is 2.28. The Morgan fingerprint density at radius 1 is 1.00 bits per heavy atom. The van der Waals surface area contributed by atoms with Crippen LogP contribution < -0.4 is 15.4 Å². The normalized spacial score (nSPS) is 14.1. The number of para-hydroxylation sites is 1. The molecule has 1 heterocycles. The van der Waals surface area contributed by atoms with E-state index in [0.29, 0.717) is 24.2 Å². The highest BCUT2D eigenvalue weighted by molar-refractivity contribution is 7.89. The summed E-state index contributed by atoms with van der Waals surface area (Å²) >= 11 is 0. The maximum Gasteiger partial charge on any atom is 0.242 e. The second-order valence-electron chi connectivity index (χ2n) is 8.23. The van der Waals surface area contributed by atoms with E-state index in [4.69, 9.17) is 0 Å². The van der Waals surface area contributed by atoms with Crippen LogP contribution >= 0.6 is 0 Å². The Bertz CT molecular complexity index is 1310. The Kier molecular flexibility index (Phi) is 7.09. The summed E-state index contributed by atoms with van der Waals surface area (Å²) in [6.45, 7) is 1.99. The summed E-state index contributed by atoms with van der Waals surface area (Å²) in [5, 5.41) is 5.65. The lowest BCUT2D eigenvalue weighted by atomic mass is 10.0. The summed E-state index contributed by atoms with van der Waals surface area (Å²) in [5.74, 6) is -0.522. The number of carbonyl (C=O) groups is 2. The molecule has 0 saturated carbocycles. The molecule has 4 rings (SSSR count). The minimum atomic E-state index is -4.00. The summed E-state index contributed by atoms with van der Waals surface area (Å²) in [5.41, 5.74) is 3.83. The Hall–Kier alpha value is -3.49. The van der Waals surface area contributed by atoms with Gasteiger partial charge in [-0.15, -0.1) is 0 Å². The molecular formula is C26H27N3O4S. The first-order valence-corrected chi connectivity index (χ1v) is 12.7. The van der Waals surface area contributed by atoms with Crippen LogP contribution in [0.25, 0.3) is 0 Å². The van der Waals surface area contributed by atoms with Crippen LogP contribution in [0, 0.1) is 0 Å². The van der Waals surface area contributed by atoms with Crippen LogP contribution in [-0.2, 0) is 38.9 Å². The Morgan fingerprint density at radius 2 is 1.74 bits per heavy atom. The number of benzene rings is 3. The summed E-state index contributed by atoms with van der Waals surface area (Å²) in [4.78, 5) is 24.9. The van der Waals surface area contributed by atoms with Crippen LogP contribution in [0.4, 0.5) is 11.4 Å². The quantitative estimate of drug-likeness (QED) is 0.461. The molecule has 0 spiro atoms. The van der Waals surface area contributed by atoms with Crippen molar-refractivity contribution in [2.24, 2.45) is 0 Å². The second kappa shape index (κ2) is 10.2. The lowest BCUT2D eigenvalue weighted by molar-refractivity contribution is -0.118. The van der Waals surface area contributed by atoms with E-state index in [2.05, 4.69) is 15.4 Å². The standard InChI is InChI=1S/C26H27N3O4S/c1-2-19-10-6-7-11-22(19)28-26(31)24(16-18-8-4-3-5-9-18)29-34(32,33)21-13-14-23-20(17-21)12-15-25(30)27-23/h3-11,13-14,17,24,29H,2,12,15-16H2,1H3,(H,27,30)(H,28,31). The molecule has 1 aliphatic heterocycles. The highest BCUT2D eigenvalue weighted by Crippen LogP contribution is 2.26. The molecule has 3 aromatic carbocycles. The number of sulfonamides is 1. The third-order valence-electron chi connectivity index (χ3n) is 5.84. The van der Waals surface area contributed by atoms with Crippen LogP contribution in [0.5, 0.6) is 0 Å². The van der Waals surface area contributed by atoms with E-state index in [9.17, 15) is 18.0 Å². The van der Waals surface area contributed by atoms with E-state index in [1.165, 1.54) is 6.07 Å². The van der Waals surface area contributed by atoms with Gasteiger partial charge in [-0.3, -0.25) is 9.59 Å². The molecule has 0 fully saturated rings. The zero-order valence-corrected chi connectivity index (χ0v) is 19.7. The van der Waals surface area contributed by atoms with Gasteiger partial charge < -0.3 is 10.6 Å². The number of amides is 2. The first-order chi connectivity index (χ1) is 16.4. The molecule has 1 atom stereocenters. The molecule has 3 aromatic rings. The van der Waals surface area contributed by atoms with Crippen LogP contribution in [-0.4, -0.2) is 26.3 Å². The van der Waals surface area contributed by atoms with Gasteiger partial charge in [0.05, 0.1) is 4.90 Å². The maximum atomic E-state index is 13.3. The van der Waals surface area contributed by atoms with Crippen LogP contribution in [0.2, 0.25) is 0 Å². The summed E-state index contributed by atoms with van der Waals surface area (Å²) in [7, 11) is -4.00. The van der Waals surface area contributed by atoms with Crippen molar-refractivity contribution in [3.8, 4) is 0 Å². The van der Waals surface area contributed by atoms with Crippen molar-refractivity contribution in [3.63, 3.8) is 0 Å². The van der Waals surface area contributed by atoms with Gasteiger partial charge in [-0.05, 0) is 60.2 Å². The van der Waals surface area contributed by atoms with Crippen molar-refractivity contribution in [3.05, 3.63) is 89.5 Å². The average molecular weight is 478 g/mol. The lowest BCUT2D eigenvalue weighted by Crippen LogP contribution is -2.45. The van der Waals surface area contributed by atoms with Crippen molar-refractivity contribution < 1.29 is 18.0 Å². The monoisotopic (exact) mass is 477 g/mol. The Balaban J connectivity index is 1.61. The topological polar surface area (TPSA) is 104 Å². The van der Waals surface area contributed by atoms with Crippen molar-refractivity contribution in [2.45, 2.75) is 43.5 Å².